The zero-order valence-corrected chi connectivity index (χ0v) is 20.8. The maximum atomic E-state index is 12.9. The van der Waals surface area contributed by atoms with Gasteiger partial charge >= 0.3 is 0 Å². The SMILES string of the molecule is CCCCCCn1c(O)c(C)c(C)c(N=Nc2ccc(S(=O)(=O)NCCOCCO)cc2)c1=O. The molecule has 1 aromatic heterocycles. The zero-order valence-electron chi connectivity index (χ0n) is 20.0. The first kappa shape index (κ1) is 27.6. The molecule has 2 aromatic rings. The van der Waals surface area contributed by atoms with Crippen molar-refractivity contribution in [1.82, 2.24) is 9.29 Å². The van der Waals surface area contributed by atoms with Gasteiger partial charge in [0.05, 0.1) is 30.4 Å². The summed E-state index contributed by atoms with van der Waals surface area (Å²) in [6, 6.07) is 5.77. The number of aliphatic hydroxyl groups is 1. The third-order valence-electron chi connectivity index (χ3n) is 5.38. The monoisotopic (exact) mass is 494 g/mol. The molecule has 0 radical (unpaired) electrons. The Bertz CT molecular complexity index is 1130. The van der Waals surface area contributed by atoms with Crippen LogP contribution in [0.25, 0.3) is 0 Å². The number of ether oxygens (including phenoxy) is 1. The second-order valence-corrected chi connectivity index (χ2v) is 9.63. The minimum absolute atomic E-state index is 0.0539. The predicted molar refractivity (Wildman–Crippen MR) is 130 cm³/mol. The number of sulfonamides is 1. The Morgan fingerprint density at radius 1 is 1.03 bits per heavy atom. The normalized spacial score (nSPS) is 12.0. The second kappa shape index (κ2) is 13.3. The van der Waals surface area contributed by atoms with Crippen molar-refractivity contribution in [3.8, 4) is 5.88 Å². The van der Waals surface area contributed by atoms with E-state index in [0.29, 0.717) is 23.4 Å². The molecule has 3 N–H and O–H groups in total. The van der Waals surface area contributed by atoms with E-state index >= 15 is 0 Å². The molecular formula is C23H34N4O6S. The van der Waals surface area contributed by atoms with E-state index in [1.807, 2.05) is 0 Å². The minimum Gasteiger partial charge on any atom is -0.494 e. The second-order valence-electron chi connectivity index (χ2n) is 7.87. The van der Waals surface area contributed by atoms with Crippen LogP contribution < -0.4 is 10.3 Å². The van der Waals surface area contributed by atoms with Crippen molar-refractivity contribution in [2.45, 2.75) is 57.9 Å². The fourth-order valence-corrected chi connectivity index (χ4v) is 4.27. The fourth-order valence-electron chi connectivity index (χ4n) is 3.25. The van der Waals surface area contributed by atoms with Crippen LogP contribution in [-0.4, -0.2) is 49.6 Å². The first-order valence-electron chi connectivity index (χ1n) is 11.4. The van der Waals surface area contributed by atoms with Crippen molar-refractivity contribution in [2.24, 2.45) is 10.2 Å². The molecule has 1 aromatic carbocycles. The number of hydrogen-bond donors (Lipinski definition) is 3. The molecule has 10 nitrogen and oxygen atoms in total. The highest BCUT2D eigenvalue weighted by Crippen LogP contribution is 2.27. The Kier molecular flexibility index (Phi) is 10.8. The number of aromatic hydroxyl groups is 1. The highest BCUT2D eigenvalue weighted by atomic mass is 32.2. The topological polar surface area (TPSA) is 143 Å². The minimum atomic E-state index is -3.72. The van der Waals surface area contributed by atoms with Crippen LogP contribution in [0.2, 0.25) is 0 Å². The van der Waals surface area contributed by atoms with Gasteiger partial charge in [0, 0.05) is 18.7 Å². The van der Waals surface area contributed by atoms with Gasteiger partial charge in [-0.05, 0) is 50.1 Å². The molecule has 1 heterocycles. The highest BCUT2D eigenvalue weighted by Gasteiger charge is 2.17. The van der Waals surface area contributed by atoms with Crippen molar-refractivity contribution in [3.05, 3.63) is 45.7 Å². The molecule has 0 fully saturated rings. The molecule has 0 spiro atoms. The molecule has 0 unspecified atom stereocenters. The number of pyridine rings is 1. The molecule has 0 amide bonds. The van der Waals surface area contributed by atoms with Crippen LogP contribution in [0, 0.1) is 13.8 Å². The zero-order chi connectivity index (χ0) is 25.1. The molecule has 0 atom stereocenters. The van der Waals surface area contributed by atoms with Gasteiger partial charge in [-0.2, -0.15) is 5.11 Å². The van der Waals surface area contributed by atoms with Crippen molar-refractivity contribution in [1.29, 1.82) is 0 Å². The molecule has 0 saturated carbocycles. The standard InChI is InChI=1S/C23H34N4O6S/c1-4-5-6-7-13-27-22(29)18(3)17(2)21(23(27)30)26-25-19-8-10-20(11-9-19)34(31,32)24-12-15-33-16-14-28/h8-11,24,28-29H,4-7,12-16H2,1-3H3. The van der Waals surface area contributed by atoms with E-state index in [-0.39, 0.29) is 42.8 Å². The third-order valence-corrected chi connectivity index (χ3v) is 6.86. The number of unbranched alkanes of at least 4 members (excludes halogenated alkanes) is 3. The number of aliphatic hydroxyl groups excluding tert-OH is 1. The summed E-state index contributed by atoms with van der Waals surface area (Å²) >= 11 is 0. The molecule has 11 heteroatoms. The number of benzene rings is 1. The summed E-state index contributed by atoms with van der Waals surface area (Å²) < 4.78 is 33.5. The van der Waals surface area contributed by atoms with Gasteiger partial charge in [0.2, 0.25) is 10.0 Å². The van der Waals surface area contributed by atoms with Gasteiger partial charge in [0.25, 0.3) is 5.56 Å². The van der Waals surface area contributed by atoms with Gasteiger partial charge in [-0.25, -0.2) is 13.1 Å². The smallest absolute Gasteiger partial charge is 0.281 e. The van der Waals surface area contributed by atoms with E-state index in [2.05, 4.69) is 21.9 Å². The third kappa shape index (κ3) is 7.45. The van der Waals surface area contributed by atoms with Crippen LogP contribution in [0.4, 0.5) is 11.4 Å². The lowest BCUT2D eigenvalue weighted by Crippen LogP contribution is -2.27. The lowest BCUT2D eigenvalue weighted by molar-refractivity contribution is 0.0961. The summed E-state index contributed by atoms with van der Waals surface area (Å²) in [7, 11) is -3.72. The first-order chi connectivity index (χ1) is 16.2. The average Bonchev–Trinajstić information content (AvgIpc) is 2.82. The molecule has 0 aliphatic rings. The van der Waals surface area contributed by atoms with E-state index in [0.717, 1.165) is 25.7 Å². The number of nitrogens with zero attached hydrogens (tertiary/aromatic N) is 3. The molecule has 0 saturated heterocycles. The van der Waals surface area contributed by atoms with E-state index in [4.69, 9.17) is 9.84 Å². The first-order valence-corrected chi connectivity index (χ1v) is 12.8. The fraction of sp³-hybridized carbons (Fsp3) is 0.522. The largest absolute Gasteiger partial charge is 0.494 e. The summed E-state index contributed by atoms with van der Waals surface area (Å²) in [6.07, 6.45) is 3.87. The maximum Gasteiger partial charge on any atom is 0.281 e. The van der Waals surface area contributed by atoms with Crippen LogP contribution >= 0.6 is 0 Å². The lowest BCUT2D eigenvalue weighted by Gasteiger charge is -2.14. The Labute approximate surface area is 200 Å². The van der Waals surface area contributed by atoms with Crippen LogP contribution in [0.5, 0.6) is 5.88 Å². The summed E-state index contributed by atoms with van der Waals surface area (Å²) in [5.41, 5.74) is 1.23. The molecule has 2 rings (SSSR count). The lowest BCUT2D eigenvalue weighted by atomic mass is 10.1. The van der Waals surface area contributed by atoms with Crippen LogP contribution in [0.1, 0.15) is 43.7 Å². The summed E-state index contributed by atoms with van der Waals surface area (Å²) in [6.45, 7) is 6.18. The van der Waals surface area contributed by atoms with Crippen molar-refractivity contribution >= 4 is 21.4 Å². The quantitative estimate of drug-likeness (QED) is 0.271. The Morgan fingerprint density at radius 2 is 1.74 bits per heavy atom. The van der Waals surface area contributed by atoms with Crippen LogP contribution in [0.3, 0.4) is 0 Å². The van der Waals surface area contributed by atoms with Crippen molar-refractivity contribution in [2.75, 3.05) is 26.4 Å². The summed E-state index contributed by atoms with van der Waals surface area (Å²) in [4.78, 5) is 13.0. The van der Waals surface area contributed by atoms with Crippen LogP contribution in [0.15, 0.2) is 44.2 Å². The Morgan fingerprint density at radius 3 is 2.38 bits per heavy atom. The van der Waals surface area contributed by atoms with Gasteiger partial charge in [-0.1, -0.05) is 26.2 Å². The number of hydrogen-bond acceptors (Lipinski definition) is 8. The number of nitrogens with one attached hydrogen (secondary N) is 1. The van der Waals surface area contributed by atoms with Gasteiger partial charge in [0.15, 0.2) is 11.6 Å². The maximum absolute atomic E-state index is 12.9. The Balaban J connectivity index is 2.17. The van der Waals surface area contributed by atoms with E-state index in [1.165, 1.54) is 28.8 Å². The summed E-state index contributed by atoms with van der Waals surface area (Å²) in [5.74, 6) is -0.0539. The molecule has 34 heavy (non-hydrogen) atoms. The van der Waals surface area contributed by atoms with E-state index in [1.54, 1.807) is 13.8 Å². The van der Waals surface area contributed by atoms with Crippen molar-refractivity contribution < 1.29 is 23.4 Å². The van der Waals surface area contributed by atoms with E-state index < -0.39 is 15.6 Å². The van der Waals surface area contributed by atoms with Gasteiger partial charge < -0.3 is 14.9 Å². The highest BCUT2D eigenvalue weighted by molar-refractivity contribution is 7.89. The average molecular weight is 495 g/mol. The van der Waals surface area contributed by atoms with Gasteiger partial charge in [0.1, 0.15) is 0 Å². The van der Waals surface area contributed by atoms with Crippen LogP contribution in [-0.2, 0) is 21.3 Å². The predicted octanol–water partition coefficient (Wildman–Crippen LogP) is 3.45. The molecular weight excluding hydrogens is 460 g/mol. The number of azo groups is 1. The summed E-state index contributed by atoms with van der Waals surface area (Å²) in [5, 5.41) is 27.3. The Hall–Kier alpha value is -2.60. The molecule has 0 aliphatic carbocycles. The van der Waals surface area contributed by atoms with Gasteiger partial charge in [-0.15, -0.1) is 5.11 Å². The van der Waals surface area contributed by atoms with Gasteiger partial charge in [-0.3, -0.25) is 9.36 Å². The number of aromatic nitrogens is 1. The molecule has 0 aliphatic heterocycles. The molecule has 188 valence electrons. The van der Waals surface area contributed by atoms with Crippen molar-refractivity contribution in [3.63, 3.8) is 0 Å². The number of rotatable bonds is 14. The van der Waals surface area contributed by atoms with E-state index in [9.17, 15) is 18.3 Å². The molecule has 0 bridgehead atoms.